The van der Waals surface area contributed by atoms with Crippen molar-refractivity contribution in [1.82, 2.24) is 0 Å². The van der Waals surface area contributed by atoms with Gasteiger partial charge < -0.3 is 16.4 Å². The van der Waals surface area contributed by atoms with Crippen LogP contribution in [0.25, 0.3) is 10.8 Å². The van der Waals surface area contributed by atoms with Gasteiger partial charge in [0.25, 0.3) is 16.0 Å². The van der Waals surface area contributed by atoms with Crippen LogP contribution >= 0.6 is 0 Å². The molecule has 8 nitrogen and oxygen atoms in total. The number of anilines is 2. The van der Waals surface area contributed by atoms with Crippen molar-refractivity contribution in [3.63, 3.8) is 0 Å². The van der Waals surface area contributed by atoms with Crippen LogP contribution in [-0.2, 0) is 10.1 Å². The summed E-state index contributed by atoms with van der Waals surface area (Å²) in [6.07, 6.45) is 0. The van der Waals surface area contributed by atoms with Gasteiger partial charge in [0.05, 0.1) is 4.90 Å². The molecule has 27 heavy (non-hydrogen) atoms. The molecule has 3 amide bonds. The third-order valence-electron chi connectivity index (χ3n) is 3.76. The maximum atomic E-state index is 12.5. The first-order chi connectivity index (χ1) is 12.7. The molecule has 9 heteroatoms. The van der Waals surface area contributed by atoms with E-state index in [-0.39, 0.29) is 10.6 Å². The minimum atomic E-state index is -4.37. The third-order valence-corrected chi connectivity index (χ3v) is 4.61. The molecule has 3 aromatic rings. The summed E-state index contributed by atoms with van der Waals surface area (Å²) in [5.74, 6) is -0.461. The van der Waals surface area contributed by atoms with E-state index in [1.807, 2.05) is 0 Å². The Bertz CT molecular complexity index is 1160. The number of rotatable bonds is 4. The van der Waals surface area contributed by atoms with Gasteiger partial charge in [0, 0.05) is 16.9 Å². The second-order valence-corrected chi connectivity index (χ2v) is 7.14. The molecule has 3 aromatic carbocycles. The second kappa shape index (κ2) is 7.06. The van der Waals surface area contributed by atoms with E-state index >= 15 is 0 Å². The highest BCUT2D eigenvalue weighted by Gasteiger charge is 2.12. The maximum Gasteiger partial charge on any atom is 0.316 e. The number of fused-ring (bicyclic) bond motifs is 1. The molecule has 0 aliphatic heterocycles. The number of nitrogens with two attached hydrogens (primary N) is 1. The summed E-state index contributed by atoms with van der Waals surface area (Å²) >= 11 is 0. The van der Waals surface area contributed by atoms with Gasteiger partial charge in [-0.2, -0.15) is 8.42 Å². The molecule has 0 saturated carbocycles. The molecule has 0 atom stereocenters. The van der Waals surface area contributed by atoms with Crippen LogP contribution in [0.4, 0.5) is 16.2 Å². The highest BCUT2D eigenvalue weighted by molar-refractivity contribution is 7.85. The predicted molar refractivity (Wildman–Crippen MR) is 101 cm³/mol. The molecule has 0 bridgehead atoms. The first kappa shape index (κ1) is 18.4. The lowest BCUT2D eigenvalue weighted by Gasteiger charge is -2.08. The topological polar surface area (TPSA) is 139 Å². The zero-order valence-electron chi connectivity index (χ0n) is 13.8. The Morgan fingerprint density at radius 1 is 0.852 bits per heavy atom. The van der Waals surface area contributed by atoms with Crippen molar-refractivity contribution in [1.29, 1.82) is 0 Å². The van der Waals surface area contributed by atoms with E-state index in [1.165, 1.54) is 18.2 Å². The number of urea groups is 1. The second-order valence-electron chi connectivity index (χ2n) is 5.72. The number of hydrogen-bond acceptors (Lipinski definition) is 4. The average molecular weight is 385 g/mol. The van der Waals surface area contributed by atoms with Crippen molar-refractivity contribution < 1.29 is 22.6 Å². The number of benzene rings is 3. The summed E-state index contributed by atoms with van der Waals surface area (Å²) in [4.78, 5) is 23.1. The molecule has 0 saturated heterocycles. The van der Waals surface area contributed by atoms with Crippen LogP contribution in [-0.4, -0.2) is 24.9 Å². The Hall–Kier alpha value is -3.43. The first-order valence-electron chi connectivity index (χ1n) is 7.71. The molecule has 138 valence electrons. The van der Waals surface area contributed by atoms with E-state index in [0.29, 0.717) is 16.6 Å². The van der Waals surface area contributed by atoms with Crippen molar-refractivity contribution in [2.75, 3.05) is 10.6 Å². The van der Waals surface area contributed by atoms with Gasteiger partial charge in [0.2, 0.25) is 0 Å². The van der Waals surface area contributed by atoms with Gasteiger partial charge in [0.1, 0.15) is 0 Å². The molecule has 0 heterocycles. The molecule has 0 radical (unpaired) electrons. The maximum absolute atomic E-state index is 12.5. The Balaban J connectivity index is 1.88. The lowest BCUT2D eigenvalue weighted by atomic mass is 10.1. The van der Waals surface area contributed by atoms with Crippen molar-refractivity contribution in [2.24, 2.45) is 5.73 Å². The van der Waals surface area contributed by atoms with Crippen molar-refractivity contribution >= 4 is 44.2 Å². The molecule has 0 aliphatic carbocycles. The van der Waals surface area contributed by atoms with E-state index in [2.05, 4.69) is 10.6 Å². The average Bonchev–Trinajstić information content (AvgIpc) is 2.60. The van der Waals surface area contributed by atoms with E-state index in [1.54, 1.807) is 36.4 Å². The zero-order valence-corrected chi connectivity index (χ0v) is 14.7. The fourth-order valence-electron chi connectivity index (χ4n) is 2.55. The predicted octanol–water partition coefficient (Wildman–Crippen LogP) is 2.83. The van der Waals surface area contributed by atoms with Crippen LogP contribution < -0.4 is 16.4 Å². The van der Waals surface area contributed by atoms with Crippen LogP contribution in [0.3, 0.4) is 0 Å². The Morgan fingerprint density at radius 2 is 1.56 bits per heavy atom. The summed E-state index contributed by atoms with van der Waals surface area (Å²) in [7, 11) is -4.37. The standard InChI is InChI=1S/C18H15N3O5S/c19-18(23)21-15-7-6-11-4-5-12(8-13(11)9-15)17(22)20-14-2-1-3-16(10-14)27(24,25)26/h1-10H,(H,20,22)(H3,19,21,23)(H,24,25,26). The molecule has 0 spiro atoms. The normalized spacial score (nSPS) is 11.1. The van der Waals surface area contributed by atoms with Gasteiger partial charge in [0.15, 0.2) is 0 Å². The lowest BCUT2D eigenvalue weighted by molar-refractivity contribution is 0.102. The van der Waals surface area contributed by atoms with Gasteiger partial charge in [-0.15, -0.1) is 0 Å². The summed E-state index contributed by atoms with van der Waals surface area (Å²) in [5.41, 5.74) is 6.15. The quantitative estimate of drug-likeness (QED) is 0.512. The zero-order chi connectivity index (χ0) is 19.6. The molecular formula is C18H15N3O5S. The Kier molecular flexibility index (Phi) is 4.80. The van der Waals surface area contributed by atoms with E-state index in [9.17, 15) is 18.0 Å². The summed E-state index contributed by atoms with van der Waals surface area (Å²) in [5, 5.41) is 6.61. The van der Waals surface area contributed by atoms with Crippen LogP contribution in [0.15, 0.2) is 65.6 Å². The molecule has 0 unspecified atom stereocenters. The van der Waals surface area contributed by atoms with E-state index in [4.69, 9.17) is 10.3 Å². The van der Waals surface area contributed by atoms with E-state index in [0.717, 1.165) is 11.5 Å². The minimum Gasteiger partial charge on any atom is -0.351 e. The number of nitrogens with one attached hydrogen (secondary N) is 2. The number of carbonyl (C=O) groups excluding carboxylic acids is 2. The third kappa shape index (κ3) is 4.40. The highest BCUT2D eigenvalue weighted by Crippen LogP contribution is 2.22. The SMILES string of the molecule is NC(=O)Nc1ccc2ccc(C(=O)Nc3cccc(S(=O)(=O)O)c3)cc2c1. The minimum absolute atomic E-state index is 0.222. The van der Waals surface area contributed by atoms with Crippen molar-refractivity contribution in [2.45, 2.75) is 4.90 Å². The highest BCUT2D eigenvalue weighted by atomic mass is 32.2. The number of carbonyl (C=O) groups is 2. The molecule has 0 aliphatic rings. The summed E-state index contributed by atoms with van der Waals surface area (Å²) in [6.45, 7) is 0. The van der Waals surface area contributed by atoms with Gasteiger partial charge in [-0.3, -0.25) is 9.35 Å². The summed E-state index contributed by atoms with van der Waals surface area (Å²) < 4.78 is 31.5. The Morgan fingerprint density at radius 3 is 2.26 bits per heavy atom. The largest absolute Gasteiger partial charge is 0.351 e. The molecule has 5 N–H and O–H groups in total. The number of hydrogen-bond donors (Lipinski definition) is 4. The van der Waals surface area contributed by atoms with Gasteiger partial charge in [-0.25, -0.2) is 4.79 Å². The first-order valence-corrected chi connectivity index (χ1v) is 9.15. The molecule has 0 aromatic heterocycles. The lowest BCUT2D eigenvalue weighted by Crippen LogP contribution is -2.19. The summed E-state index contributed by atoms with van der Waals surface area (Å²) in [6, 6.07) is 14.7. The molecule has 3 rings (SSSR count). The fraction of sp³-hybridized carbons (Fsp3) is 0. The monoisotopic (exact) mass is 385 g/mol. The van der Waals surface area contributed by atoms with Crippen LogP contribution in [0, 0.1) is 0 Å². The molecule has 0 fully saturated rings. The smallest absolute Gasteiger partial charge is 0.316 e. The Labute approximate surface area is 154 Å². The number of primary amides is 1. The van der Waals surface area contributed by atoms with Crippen molar-refractivity contribution in [3.8, 4) is 0 Å². The van der Waals surface area contributed by atoms with Crippen LogP contribution in [0.1, 0.15) is 10.4 Å². The van der Waals surface area contributed by atoms with Gasteiger partial charge in [-0.05, 0) is 53.2 Å². The van der Waals surface area contributed by atoms with Gasteiger partial charge >= 0.3 is 6.03 Å². The van der Waals surface area contributed by atoms with E-state index < -0.39 is 22.1 Å². The van der Waals surface area contributed by atoms with Crippen LogP contribution in [0.2, 0.25) is 0 Å². The van der Waals surface area contributed by atoms with Crippen molar-refractivity contribution in [3.05, 3.63) is 66.2 Å². The number of amides is 3. The van der Waals surface area contributed by atoms with Crippen LogP contribution in [0.5, 0.6) is 0 Å². The fourth-order valence-corrected chi connectivity index (χ4v) is 3.07. The molecular weight excluding hydrogens is 370 g/mol. The van der Waals surface area contributed by atoms with Gasteiger partial charge in [-0.1, -0.05) is 18.2 Å².